The van der Waals surface area contributed by atoms with Crippen LogP contribution in [0.25, 0.3) is 5.69 Å². The van der Waals surface area contributed by atoms with E-state index < -0.39 is 11.8 Å². The molecule has 0 bridgehead atoms. The number of nitrogens with zero attached hydrogens (tertiary/aromatic N) is 1. The minimum atomic E-state index is -1.10. The highest BCUT2D eigenvalue weighted by Gasteiger charge is 2.18. The monoisotopic (exact) mass is 353 g/mol. The number of benzene rings is 1. The molecule has 0 aliphatic carbocycles. The number of aromatic nitrogens is 1. The zero-order valence-corrected chi connectivity index (χ0v) is 13.3. The lowest BCUT2D eigenvalue weighted by atomic mass is 10.1. The Morgan fingerprint density at radius 3 is 2.38 bits per heavy atom. The number of hydrogen-bond acceptors (Lipinski definition) is 2. The number of carbonyl (C=O) groups is 1. The summed E-state index contributed by atoms with van der Waals surface area (Å²) >= 11 is 3.08. The molecule has 4 nitrogen and oxygen atoms in total. The Labute approximate surface area is 129 Å². The maximum Gasteiger partial charge on any atom is 0.337 e. The SMILES string of the molecule is Cc1cc(F)c(Br)cc1-n1c(C)c(C(=O)O)c(C)cc1=O. The molecule has 2 rings (SSSR count). The van der Waals surface area contributed by atoms with E-state index in [1.807, 2.05) is 0 Å². The molecular weight excluding hydrogens is 341 g/mol. The first-order valence-electron chi connectivity index (χ1n) is 6.16. The molecule has 1 aromatic heterocycles. The van der Waals surface area contributed by atoms with E-state index in [1.54, 1.807) is 20.8 Å². The van der Waals surface area contributed by atoms with Gasteiger partial charge in [-0.3, -0.25) is 9.36 Å². The van der Waals surface area contributed by atoms with Gasteiger partial charge in [0.2, 0.25) is 0 Å². The normalized spacial score (nSPS) is 10.7. The van der Waals surface area contributed by atoms with Crippen molar-refractivity contribution in [2.24, 2.45) is 0 Å². The number of pyridine rings is 1. The van der Waals surface area contributed by atoms with Crippen molar-refractivity contribution >= 4 is 21.9 Å². The lowest BCUT2D eigenvalue weighted by molar-refractivity contribution is 0.0694. The van der Waals surface area contributed by atoms with Gasteiger partial charge in [0, 0.05) is 11.8 Å². The summed E-state index contributed by atoms with van der Waals surface area (Å²) in [4.78, 5) is 23.6. The number of carboxylic acid groups (broad SMARTS) is 1. The molecule has 21 heavy (non-hydrogen) atoms. The fourth-order valence-electron chi connectivity index (χ4n) is 2.38. The van der Waals surface area contributed by atoms with Gasteiger partial charge in [-0.25, -0.2) is 9.18 Å². The molecule has 0 amide bonds. The Bertz CT molecular complexity index is 812. The summed E-state index contributed by atoms with van der Waals surface area (Å²) in [5.74, 6) is -1.54. The smallest absolute Gasteiger partial charge is 0.337 e. The second kappa shape index (κ2) is 5.44. The van der Waals surface area contributed by atoms with Gasteiger partial charge in [-0.05, 0) is 60.0 Å². The van der Waals surface area contributed by atoms with Gasteiger partial charge in [0.05, 0.1) is 15.7 Å². The van der Waals surface area contributed by atoms with Crippen molar-refractivity contribution < 1.29 is 14.3 Å². The second-order valence-corrected chi connectivity index (χ2v) is 5.67. The molecule has 0 saturated heterocycles. The topological polar surface area (TPSA) is 59.3 Å². The molecule has 1 heterocycles. The van der Waals surface area contributed by atoms with Crippen molar-refractivity contribution in [3.8, 4) is 5.69 Å². The summed E-state index contributed by atoms with van der Waals surface area (Å²) in [6.07, 6.45) is 0. The predicted molar refractivity (Wildman–Crippen MR) is 80.9 cm³/mol. The molecule has 0 unspecified atom stereocenters. The van der Waals surface area contributed by atoms with Crippen molar-refractivity contribution in [3.05, 3.63) is 61.2 Å². The minimum Gasteiger partial charge on any atom is -0.478 e. The van der Waals surface area contributed by atoms with Gasteiger partial charge >= 0.3 is 5.97 Å². The molecule has 2 aromatic rings. The number of aryl methyl sites for hydroxylation is 2. The zero-order chi connectivity index (χ0) is 15.9. The molecule has 0 spiro atoms. The first-order valence-corrected chi connectivity index (χ1v) is 6.96. The number of rotatable bonds is 2. The summed E-state index contributed by atoms with van der Waals surface area (Å²) in [5, 5.41) is 9.29. The van der Waals surface area contributed by atoms with Crippen molar-refractivity contribution in [2.45, 2.75) is 20.8 Å². The maximum atomic E-state index is 13.5. The van der Waals surface area contributed by atoms with Gasteiger partial charge in [-0.2, -0.15) is 0 Å². The van der Waals surface area contributed by atoms with E-state index in [-0.39, 0.29) is 15.6 Å². The van der Waals surface area contributed by atoms with Gasteiger partial charge in [-0.15, -0.1) is 0 Å². The van der Waals surface area contributed by atoms with Gasteiger partial charge in [-0.1, -0.05) is 0 Å². The Hall–Kier alpha value is -1.95. The van der Waals surface area contributed by atoms with Crippen LogP contribution in [0.1, 0.15) is 27.2 Å². The second-order valence-electron chi connectivity index (χ2n) is 4.82. The summed E-state index contributed by atoms with van der Waals surface area (Å²) < 4.78 is 15.0. The summed E-state index contributed by atoms with van der Waals surface area (Å²) in [5.41, 5.74) is 1.44. The summed E-state index contributed by atoms with van der Waals surface area (Å²) in [7, 11) is 0. The van der Waals surface area contributed by atoms with Gasteiger partial charge < -0.3 is 5.11 Å². The fraction of sp³-hybridized carbons (Fsp3) is 0.200. The third-order valence-corrected chi connectivity index (χ3v) is 3.95. The van der Waals surface area contributed by atoms with Crippen LogP contribution in [0.5, 0.6) is 0 Å². The van der Waals surface area contributed by atoms with E-state index >= 15 is 0 Å². The third-order valence-electron chi connectivity index (χ3n) is 3.35. The number of halogens is 2. The van der Waals surface area contributed by atoms with E-state index in [0.717, 1.165) is 0 Å². The van der Waals surface area contributed by atoms with E-state index in [4.69, 9.17) is 0 Å². The Kier molecular flexibility index (Phi) is 4.00. The summed E-state index contributed by atoms with van der Waals surface area (Å²) in [6.45, 7) is 4.81. The molecule has 1 aromatic carbocycles. The average molecular weight is 354 g/mol. The lowest BCUT2D eigenvalue weighted by Crippen LogP contribution is -2.24. The van der Waals surface area contributed by atoms with Crippen molar-refractivity contribution in [1.82, 2.24) is 4.57 Å². The third kappa shape index (κ3) is 2.63. The lowest BCUT2D eigenvalue weighted by Gasteiger charge is -2.16. The molecular formula is C15H13BrFNO3. The van der Waals surface area contributed by atoms with Crippen LogP contribution in [0.2, 0.25) is 0 Å². The molecule has 0 saturated carbocycles. The van der Waals surface area contributed by atoms with Gasteiger partial charge in [0.1, 0.15) is 5.82 Å². The van der Waals surface area contributed by atoms with Crippen LogP contribution in [0.4, 0.5) is 4.39 Å². The molecule has 1 N–H and O–H groups in total. The highest BCUT2D eigenvalue weighted by molar-refractivity contribution is 9.10. The van der Waals surface area contributed by atoms with Crippen LogP contribution in [0.15, 0.2) is 27.5 Å². The van der Waals surface area contributed by atoms with Crippen LogP contribution >= 0.6 is 15.9 Å². The average Bonchev–Trinajstić information content (AvgIpc) is 2.34. The van der Waals surface area contributed by atoms with Crippen molar-refractivity contribution in [3.63, 3.8) is 0 Å². The van der Waals surface area contributed by atoms with Gasteiger partial charge in [0.15, 0.2) is 0 Å². The molecule has 0 aliphatic rings. The van der Waals surface area contributed by atoms with Crippen LogP contribution < -0.4 is 5.56 Å². The predicted octanol–water partition coefficient (Wildman–Crippen LogP) is 3.36. The Balaban J connectivity index is 2.88. The van der Waals surface area contributed by atoms with E-state index in [0.29, 0.717) is 22.5 Å². The molecule has 0 atom stereocenters. The summed E-state index contributed by atoms with van der Waals surface area (Å²) in [6, 6.07) is 4.04. The largest absolute Gasteiger partial charge is 0.478 e. The standard InChI is InChI=1S/C15H13BrFNO3/c1-7-4-11(17)10(16)6-12(7)18-9(3)14(15(20)21)8(2)5-13(18)19/h4-6H,1-3H3,(H,20,21). The highest BCUT2D eigenvalue weighted by Crippen LogP contribution is 2.24. The minimum absolute atomic E-state index is 0.0782. The van der Waals surface area contributed by atoms with E-state index in [9.17, 15) is 19.1 Å². The quantitative estimate of drug-likeness (QED) is 0.900. The number of carboxylic acids is 1. The van der Waals surface area contributed by atoms with Crippen LogP contribution in [0, 0.1) is 26.6 Å². The first-order chi connectivity index (χ1) is 9.73. The maximum absolute atomic E-state index is 13.5. The number of hydrogen-bond donors (Lipinski definition) is 1. The Morgan fingerprint density at radius 1 is 1.19 bits per heavy atom. The molecule has 6 heteroatoms. The van der Waals surface area contributed by atoms with E-state index in [1.165, 1.54) is 22.8 Å². The Morgan fingerprint density at radius 2 is 1.81 bits per heavy atom. The van der Waals surface area contributed by atoms with E-state index in [2.05, 4.69) is 15.9 Å². The van der Waals surface area contributed by atoms with Crippen molar-refractivity contribution in [1.29, 1.82) is 0 Å². The fourth-order valence-corrected chi connectivity index (χ4v) is 2.72. The highest BCUT2D eigenvalue weighted by atomic mass is 79.9. The van der Waals surface area contributed by atoms with Crippen LogP contribution in [-0.4, -0.2) is 15.6 Å². The van der Waals surface area contributed by atoms with Crippen molar-refractivity contribution in [2.75, 3.05) is 0 Å². The van der Waals surface area contributed by atoms with Crippen LogP contribution in [-0.2, 0) is 0 Å². The van der Waals surface area contributed by atoms with Crippen LogP contribution in [0.3, 0.4) is 0 Å². The van der Waals surface area contributed by atoms with Gasteiger partial charge in [0.25, 0.3) is 5.56 Å². The molecule has 110 valence electrons. The first kappa shape index (κ1) is 15.4. The zero-order valence-electron chi connectivity index (χ0n) is 11.7. The molecule has 0 aliphatic heterocycles. The molecule has 0 fully saturated rings. The number of aromatic carboxylic acids is 1. The molecule has 0 radical (unpaired) electrons.